The van der Waals surface area contributed by atoms with E-state index in [-0.39, 0.29) is 54.9 Å². The summed E-state index contributed by atoms with van der Waals surface area (Å²) in [7, 11) is -3.54. The molecule has 9 heteroatoms. The second-order valence-electron chi connectivity index (χ2n) is 10.5. The Kier molecular flexibility index (Phi) is 10.4. The van der Waals surface area contributed by atoms with E-state index in [4.69, 9.17) is 0 Å². The van der Waals surface area contributed by atoms with Crippen molar-refractivity contribution in [2.24, 2.45) is 5.92 Å². The molecule has 208 valence electrons. The molecule has 1 fully saturated rings. The van der Waals surface area contributed by atoms with Crippen LogP contribution < -0.4 is 0 Å². The highest BCUT2D eigenvalue weighted by Gasteiger charge is 2.32. The van der Waals surface area contributed by atoms with Crippen molar-refractivity contribution in [3.63, 3.8) is 0 Å². The number of carbonyl (C=O) groups is 2. The summed E-state index contributed by atoms with van der Waals surface area (Å²) in [6, 6.07) is 13.8. The minimum atomic E-state index is -3.54. The van der Waals surface area contributed by atoms with E-state index in [9.17, 15) is 22.4 Å². The lowest BCUT2D eigenvalue weighted by Crippen LogP contribution is -2.52. The Morgan fingerprint density at radius 3 is 2.13 bits per heavy atom. The zero-order chi connectivity index (χ0) is 27.9. The molecule has 0 atom stereocenters. The van der Waals surface area contributed by atoms with Crippen molar-refractivity contribution in [2.45, 2.75) is 59.5 Å². The molecule has 0 aliphatic carbocycles. The number of benzene rings is 2. The fourth-order valence-electron chi connectivity index (χ4n) is 4.73. The van der Waals surface area contributed by atoms with E-state index < -0.39 is 10.0 Å². The lowest BCUT2D eigenvalue weighted by atomic mass is 10.0. The van der Waals surface area contributed by atoms with Gasteiger partial charge < -0.3 is 9.80 Å². The van der Waals surface area contributed by atoms with E-state index >= 15 is 0 Å². The molecule has 2 aromatic carbocycles. The number of sulfonamides is 1. The molecule has 0 N–H and O–H groups in total. The SMILES string of the molecule is CCS(=O)(=O)N(CC(=O)N(Cc1ccc(C)cc1)C1CCN(C(=O)Cc2ccc(F)cc2)CC1)CC(C)C. The van der Waals surface area contributed by atoms with Gasteiger partial charge in [-0.1, -0.05) is 55.8 Å². The largest absolute Gasteiger partial charge is 0.342 e. The summed E-state index contributed by atoms with van der Waals surface area (Å²) in [6.07, 6.45) is 1.42. The minimum Gasteiger partial charge on any atom is -0.342 e. The molecule has 0 radical (unpaired) electrons. The highest BCUT2D eigenvalue weighted by molar-refractivity contribution is 7.89. The molecule has 1 aliphatic rings. The van der Waals surface area contributed by atoms with Gasteiger partial charge in [-0.05, 0) is 55.9 Å². The molecule has 1 aliphatic heterocycles. The number of amides is 2. The molecule has 0 unspecified atom stereocenters. The number of hydrogen-bond donors (Lipinski definition) is 0. The van der Waals surface area contributed by atoms with Crippen molar-refractivity contribution in [3.8, 4) is 0 Å². The number of piperidine rings is 1. The Morgan fingerprint density at radius 2 is 1.58 bits per heavy atom. The van der Waals surface area contributed by atoms with E-state index in [1.807, 2.05) is 45.0 Å². The molecule has 1 saturated heterocycles. The lowest BCUT2D eigenvalue weighted by molar-refractivity contribution is -0.137. The van der Waals surface area contributed by atoms with Crippen LogP contribution in [0.2, 0.25) is 0 Å². The molecule has 2 amide bonds. The Hall–Kier alpha value is -2.78. The third kappa shape index (κ3) is 8.36. The van der Waals surface area contributed by atoms with Gasteiger partial charge in [-0.25, -0.2) is 12.8 Å². The highest BCUT2D eigenvalue weighted by atomic mass is 32.2. The van der Waals surface area contributed by atoms with Crippen molar-refractivity contribution < 1.29 is 22.4 Å². The third-order valence-electron chi connectivity index (χ3n) is 6.96. The van der Waals surface area contributed by atoms with Gasteiger partial charge in [-0.3, -0.25) is 9.59 Å². The molecule has 1 heterocycles. The summed E-state index contributed by atoms with van der Waals surface area (Å²) in [4.78, 5) is 30.1. The topological polar surface area (TPSA) is 78.0 Å². The van der Waals surface area contributed by atoms with Crippen LogP contribution in [0.5, 0.6) is 0 Å². The van der Waals surface area contributed by atoms with Gasteiger partial charge in [0.15, 0.2) is 0 Å². The lowest BCUT2D eigenvalue weighted by Gasteiger charge is -2.39. The van der Waals surface area contributed by atoms with Gasteiger partial charge in [-0.2, -0.15) is 4.31 Å². The summed E-state index contributed by atoms with van der Waals surface area (Å²) >= 11 is 0. The number of halogens is 1. The van der Waals surface area contributed by atoms with Crippen LogP contribution in [0.1, 0.15) is 50.3 Å². The maximum absolute atomic E-state index is 13.7. The first-order valence-electron chi connectivity index (χ1n) is 13.3. The monoisotopic (exact) mass is 545 g/mol. The van der Waals surface area contributed by atoms with Crippen LogP contribution in [-0.4, -0.2) is 72.3 Å². The summed E-state index contributed by atoms with van der Waals surface area (Å²) in [6.45, 7) is 8.96. The van der Waals surface area contributed by atoms with E-state index in [1.54, 1.807) is 28.9 Å². The average molecular weight is 546 g/mol. The molecule has 3 rings (SSSR count). The van der Waals surface area contributed by atoms with Crippen molar-refractivity contribution in [2.75, 3.05) is 31.9 Å². The van der Waals surface area contributed by atoms with Gasteiger partial charge in [0.05, 0.1) is 18.7 Å². The first-order chi connectivity index (χ1) is 18.0. The first kappa shape index (κ1) is 29.8. The predicted molar refractivity (Wildman–Crippen MR) is 147 cm³/mol. The van der Waals surface area contributed by atoms with Crippen LogP contribution in [-0.2, 0) is 32.6 Å². The number of rotatable bonds is 11. The highest BCUT2D eigenvalue weighted by Crippen LogP contribution is 2.22. The Balaban J connectivity index is 1.73. The quantitative estimate of drug-likeness (QED) is 0.428. The Morgan fingerprint density at radius 1 is 1.00 bits per heavy atom. The number of carbonyl (C=O) groups excluding carboxylic acids is 2. The third-order valence-corrected chi connectivity index (χ3v) is 8.75. The zero-order valence-electron chi connectivity index (χ0n) is 22.9. The molecular weight excluding hydrogens is 505 g/mol. The summed E-state index contributed by atoms with van der Waals surface area (Å²) in [5.74, 6) is -0.550. The normalized spacial score (nSPS) is 14.8. The molecule has 2 aromatic rings. The van der Waals surface area contributed by atoms with Gasteiger partial charge in [0.1, 0.15) is 5.82 Å². The molecular formula is C29H40FN3O4S. The molecule has 0 aromatic heterocycles. The summed E-state index contributed by atoms with van der Waals surface area (Å²) < 4.78 is 40.0. The zero-order valence-corrected chi connectivity index (χ0v) is 23.7. The van der Waals surface area contributed by atoms with Gasteiger partial charge in [0.2, 0.25) is 21.8 Å². The van der Waals surface area contributed by atoms with Gasteiger partial charge in [0.25, 0.3) is 0 Å². The fraction of sp³-hybridized carbons (Fsp3) is 0.517. The van der Waals surface area contributed by atoms with Crippen molar-refractivity contribution in [1.82, 2.24) is 14.1 Å². The molecule has 7 nitrogen and oxygen atoms in total. The van der Waals surface area contributed by atoms with Crippen LogP contribution in [0, 0.1) is 18.7 Å². The van der Waals surface area contributed by atoms with Crippen LogP contribution in [0.3, 0.4) is 0 Å². The fourth-order valence-corrected chi connectivity index (χ4v) is 5.93. The van der Waals surface area contributed by atoms with Gasteiger partial charge in [0, 0.05) is 32.2 Å². The predicted octanol–water partition coefficient (Wildman–Crippen LogP) is 4.00. The van der Waals surface area contributed by atoms with Crippen LogP contribution in [0.15, 0.2) is 48.5 Å². The summed E-state index contributed by atoms with van der Waals surface area (Å²) in [5, 5.41) is 0. The number of nitrogens with zero attached hydrogens (tertiary/aromatic N) is 3. The molecule has 38 heavy (non-hydrogen) atoms. The first-order valence-corrected chi connectivity index (χ1v) is 14.9. The minimum absolute atomic E-state index is 0.0244. The maximum Gasteiger partial charge on any atom is 0.238 e. The van der Waals surface area contributed by atoms with Crippen LogP contribution >= 0.6 is 0 Å². The number of hydrogen-bond acceptors (Lipinski definition) is 4. The second-order valence-corrected chi connectivity index (χ2v) is 12.8. The molecule has 0 saturated carbocycles. The van der Waals surface area contributed by atoms with E-state index in [1.165, 1.54) is 16.4 Å². The van der Waals surface area contributed by atoms with Gasteiger partial charge in [-0.15, -0.1) is 0 Å². The van der Waals surface area contributed by atoms with E-state index in [0.717, 1.165) is 16.7 Å². The number of likely N-dealkylation sites (tertiary alicyclic amines) is 1. The van der Waals surface area contributed by atoms with Crippen LogP contribution in [0.4, 0.5) is 4.39 Å². The smallest absolute Gasteiger partial charge is 0.238 e. The van der Waals surface area contributed by atoms with Gasteiger partial charge >= 0.3 is 0 Å². The van der Waals surface area contributed by atoms with E-state index in [0.29, 0.717) is 32.5 Å². The van der Waals surface area contributed by atoms with E-state index in [2.05, 4.69) is 0 Å². The molecule has 0 spiro atoms. The Bertz CT molecular complexity index is 1180. The van der Waals surface area contributed by atoms with Crippen LogP contribution in [0.25, 0.3) is 0 Å². The average Bonchev–Trinajstić information content (AvgIpc) is 2.89. The Labute approximate surface area is 226 Å². The second kappa shape index (κ2) is 13.3. The summed E-state index contributed by atoms with van der Waals surface area (Å²) in [5.41, 5.74) is 2.86. The molecule has 0 bridgehead atoms. The maximum atomic E-state index is 13.7. The number of aryl methyl sites for hydroxylation is 1. The standard InChI is InChI=1S/C29H40FN3O4S/c1-5-38(36,37)32(19-22(2)3)21-29(35)33(20-25-8-6-23(4)7-9-25)27-14-16-31(17-15-27)28(34)18-24-10-12-26(30)13-11-24/h6-13,22,27H,5,14-21H2,1-4H3. The van der Waals surface area contributed by atoms with Crippen molar-refractivity contribution >= 4 is 21.8 Å². The van der Waals surface area contributed by atoms with Crippen molar-refractivity contribution in [1.29, 1.82) is 0 Å². The van der Waals surface area contributed by atoms with Crippen molar-refractivity contribution in [3.05, 3.63) is 71.0 Å².